The standard InChI is InChI=1S/C25H25N3O/c1-18-17-21-24(27-15-9-4-10-16-27)23(20-13-7-3-8-14-20)26-28(21)25(29)22(18)19-11-5-2-6-12-19/h2-3,5-8,11-14H,4,9-10,15-17H2,1H3. The highest BCUT2D eigenvalue weighted by Crippen LogP contribution is 2.40. The predicted octanol–water partition coefficient (Wildman–Crippen LogP) is 5.21. The summed E-state index contributed by atoms with van der Waals surface area (Å²) in [6.07, 6.45) is 4.41. The molecule has 0 atom stereocenters. The molecule has 4 nitrogen and oxygen atoms in total. The first-order chi connectivity index (χ1) is 14.2. The molecule has 0 radical (unpaired) electrons. The van der Waals surface area contributed by atoms with Gasteiger partial charge in [-0.3, -0.25) is 4.79 Å². The zero-order valence-electron chi connectivity index (χ0n) is 16.8. The van der Waals surface area contributed by atoms with Crippen LogP contribution in [0.1, 0.15) is 42.2 Å². The minimum atomic E-state index is -0.0182. The summed E-state index contributed by atoms with van der Waals surface area (Å²) in [5.41, 5.74) is 7.05. The van der Waals surface area contributed by atoms with E-state index in [9.17, 15) is 4.79 Å². The summed E-state index contributed by atoms with van der Waals surface area (Å²) in [6, 6.07) is 20.2. The first kappa shape index (κ1) is 17.9. The fourth-order valence-electron chi connectivity index (χ4n) is 4.61. The molecule has 4 heteroatoms. The van der Waals surface area contributed by atoms with Crippen LogP contribution in [0, 0.1) is 0 Å². The van der Waals surface area contributed by atoms with Gasteiger partial charge < -0.3 is 4.90 Å². The first-order valence-corrected chi connectivity index (χ1v) is 10.5. The van der Waals surface area contributed by atoms with E-state index in [0.29, 0.717) is 0 Å². The van der Waals surface area contributed by atoms with Crippen molar-refractivity contribution in [2.45, 2.75) is 32.6 Å². The number of nitrogens with zero attached hydrogens (tertiary/aromatic N) is 3. The molecule has 146 valence electrons. The van der Waals surface area contributed by atoms with Gasteiger partial charge in [-0.05, 0) is 31.7 Å². The Morgan fingerprint density at radius 2 is 1.45 bits per heavy atom. The van der Waals surface area contributed by atoms with Crippen LogP contribution in [-0.4, -0.2) is 28.8 Å². The SMILES string of the molecule is CC1=C(c2ccccc2)C(=O)n2nc(-c3ccccc3)c(N3CCCCC3)c2C1. The van der Waals surface area contributed by atoms with Crippen LogP contribution in [-0.2, 0) is 6.42 Å². The molecule has 2 aromatic carbocycles. The largest absolute Gasteiger partial charge is 0.368 e. The molecule has 3 heterocycles. The molecule has 0 saturated carbocycles. The molecule has 0 amide bonds. The molecule has 0 unspecified atom stereocenters. The van der Waals surface area contributed by atoms with Crippen molar-refractivity contribution in [2.24, 2.45) is 0 Å². The Morgan fingerprint density at radius 1 is 0.828 bits per heavy atom. The normalized spacial score (nSPS) is 16.9. The summed E-state index contributed by atoms with van der Waals surface area (Å²) < 4.78 is 1.67. The lowest BCUT2D eigenvalue weighted by atomic mass is 9.93. The predicted molar refractivity (Wildman–Crippen MR) is 117 cm³/mol. The van der Waals surface area contributed by atoms with Gasteiger partial charge >= 0.3 is 0 Å². The van der Waals surface area contributed by atoms with Crippen molar-refractivity contribution in [3.63, 3.8) is 0 Å². The van der Waals surface area contributed by atoms with E-state index in [0.717, 1.165) is 58.9 Å². The minimum Gasteiger partial charge on any atom is -0.368 e. The summed E-state index contributed by atoms with van der Waals surface area (Å²) in [4.78, 5) is 16.0. The van der Waals surface area contributed by atoms with Crippen molar-refractivity contribution in [2.75, 3.05) is 18.0 Å². The van der Waals surface area contributed by atoms with Crippen LogP contribution in [0.25, 0.3) is 16.8 Å². The summed E-state index contributed by atoms with van der Waals surface area (Å²) in [5.74, 6) is -0.0182. The van der Waals surface area contributed by atoms with Crippen molar-refractivity contribution >= 4 is 17.2 Å². The maximum atomic E-state index is 13.5. The van der Waals surface area contributed by atoms with Crippen LogP contribution in [0.4, 0.5) is 5.69 Å². The van der Waals surface area contributed by atoms with Gasteiger partial charge in [-0.15, -0.1) is 0 Å². The van der Waals surface area contributed by atoms with Crippen LogP contribution in [0.3, 0.4) is 0 Å². The third-order valence-corrected chi connectivity index (χ3v) is 6.00. The number of piperidine rings is 1. The highest BCUT2D eigenvalue weighted by Gasteiger charge is 2.33. The molecule has 5 rings (SSSR count). The Morgan fingerprint density at radius 3 is 2.10 bits per heavy atom. The van der Waals surface area contributed by atoms with Gasteiger partial charge in [0, 0.05) is 30.6 Å². The molecule has 29 heavy (non-hydrogen) atoms. The summed E-state index contributed by atoms with van der Waals surface area (Å²) in [6.45, 7) is 4.14. The van der Waals surface area contributed by atoms with E-state index in [1.165, 1.54) is 19.3 Å². The van der Waals surface area contributed by atoms with Crippen LogP contribution in [0.15, 0.2) is 66.2 Å². The number of hydrogen-bond donors (Lipinski definition) is 0. The Bertz CT molecular complexity index is 1070. The first-order valence-electron chi connectivity index (χ1n) is 10.5. The molecule has 3 aromatic rings. The number of rotatable bonds is 3. The number of fused-ring (bicyclic) bond motifs is 1. The number of aromatic nitrogens is 2. The number of carbonyl (C=O) groups is 1. The van der Waals surface area contributed by atoms with Crippen LogP contribution in [0.2, 0.25) is 0 Å². The van der Waals surface area contributed by atoms with Crippen LogP contribution < -0.4 is 4.90 Å². The Hall–Kier alpha value is -3.14. The lowest BCUT2D eigenvalue weighted by Crippen LogP contribution is -2.31. The minimum absolute atomic E-state index is 0.0182. The molecule has 0 spiro atoms. The second kappa shape index (κ2) is 7.36. The third kappa shape index (κ3) is 3.09. The molecule has 0 aliphatic carbocycles. The van der Waals surface area contributed by atoms with Crippen LogP contribution in [0.5, 0.6) is 0 Å². The molecule has 1 saturated heterocycles. The van der Waals surface area contributed by atoms with Crippen molar-refractivity contribution in [3.05, 3.63) is 77.5 Å². The summed E-state index contributed by atoms with van der Waals surface area (Å²) in [7, 11) is 0. The monoisotopic (exact) mass is 383 g/mol. The van der Waals surface area contributed by atoms with Crippen molar-refractivity contribution in [1.82, 2.24) is 9.78 Å². The maximum Gasteiger partial charge on any atom is 0.279 e. The van der Waals surface area contributed by atoms with Gasteiger partial charge in [0.05, 0.1) is 11.4 Å². The van der Waals surface area contributed by atoms with E-state index in [2.05, 4.69) is 24.0 Å². The number of allylic oxidation sites excluding steroid dienone is 2. The lowest BCUT2D eigenvalue weighted by Gasteiger charge is -2.30. The summed E-state index contributed by atoms with van der Waals surface area (Å²) >= 11 is 0. The molecular weight excluding hydrogens is 358 g/mol. The second-order valence-electron chi connectivity index (χ2n) is 7.97. The Labute approximate surface area is 171 Å². The van der Waals surface area contributed by atoms with Crippen molar-refractivity contribution in [1.29, 1.82) is 0 Å². The maximum absolute atomic E-state index is 13.5. The fraction of sp³-hybridized carbons (Fsp3) is 0.280. The summed E-state index contributed by atoms with van der Waals surface area (Å²) in [5, 5.41) is 4.88. The lowest BCUT2D eigenvalue weighted by molar-refractivity contribution is 0.0958. The van der Waals surface area contributed by atoms with Crippen LogP contribution >= 0.6 is 0 Å². The molecule has 0 N–H and O–H groups in total. The third-order valence-electron chi connectivity index (χ3n) is 6.00. The topological polar surface area (TPSA) is 38.1 Å². The van der Waals surface area contributed by atoms with Gasteiger partial charge in [0.1, 0.15) is 5.69 Å². The van der Waals surface area contributed by atoms with E-state index in [1.54, 1.807) is 4.68 Å². The van der Waals surface area contributed by atoms with E-state index in [1.807, 2.05) is 48.5 Å². The molecule has 2 aliphatic heterocycles. The highest BCUT2D eigenvalue weighted by atomic mass is 16.2. The Kier molecular flexibility index (Phi) is 4.55. The van der Waals surface area contributed by atoms with E-state index in [4.69, 9.17) is 5.10 Å². The average Bonchev–Trinajstić information content (AvgIpc) is 3.15. The van der Waals surface area contributed by atoms with Crippen molar-refractivity contribution < 1.29 is 4.79 Å². The van der Waals surface area contributed by atoms with Crippen molar-refractivity contribution in [3.8, 4) is 11.3 Å². The molecular formula is C25H25N3O. The Balaban J connectivity index is 1.67. The highest BCUT2D eigenvalue weighted by molar-refractivity contribution is 6.22. The van der Waals surface area contributed by atoms with Gasteiger partial charge in [-0.25, -0.2) is 0 Å². The number of carbonyl (C=O) groups excluding carboxylic acids is 1. The van der Waals surface area contributed by atoms with Gasteiger partial charge in [0.25, 0.3) is 5.91 Å². The van der Waals surface area contributed by atoms with Gasteiger partial charge in [0.15, 0.2) is 0 Å². The average molecular weight is 383 g/mol. The zero-order valence-corrected chi connectivity index (χ0v) is 16.8. The zero-order chi connectivity index (χ0) is 19.8. The second-order valence-corrected chi connectivity index (χ2v) is 7.97. The molecule has 1 aromatic heterocycles. The molecule has 1 fully saturated rings. The number of anilines is 1. The van der Waals surface area contributed by atoms with E-state index < -0.39 is 0 Å². The van der Waals surface area contributed by atoms with Gasteiger partial charge in [-0.1, -0.05) is 66.2 Å². The molecule has 0 bridgehead atoms. The van der Waals surface area contributed by atoms with Gasteiger partial charge in [-0.2, -0.15) is 9.78 Å². The van der Waals surface area contributed by atoms with Gasteiger partial charge in [0.2, 0.25) is 0 Å². The fourth-order valence-corrected chi connectivity index (χ4v) is 4.61. The smallest absolute Gasteiger partial charge is 0.279 e. The van der Waals surface area contributed by atoms with E-state index >= 15 is 0 Å². The quantitative estimate of drug-likeness (QED) is 0.623. The number of hydrogen-bond acceptors (Lipinski definition) is 3. The van der Waals surface area contributed by atoms with E-state index in [-0.39, 0.29) is 5.91 Å². The molecule has 2 aliphatic rings. The number of benzene rings is 2.